The van der Waals surface area contributed by atoms with Crippen molar-refractivity contribution in [3.8, 4) is 5.75 Å². The first-order valence-corrected chi connectivity index (χ1v) is 8.38. The molecule has 1 unspecified atom stereocenters. The lowest BCUT2D eigenvalue weighted by atomic mass is 9.98. The highest BCUT2D eigenvalue weighted by Crippen LogP contribution is 2.39. The monoisotopic (exact) mass is 396 g/mol. The van der Waals surface area contributed by atoms with Crippen molar-refractivity contribution in [3.63, 3.8) is 0 Å². The Kier molecular flexibility index (Phi) is 5.28. The van der Waals surface area contributed by atoms with Crippen LogP contribution in [0.4, 0.5) is 0 Å². The molecule has 106 valence electrons. The van der Waals surface area contributed by atoms with Crippen LogP contribution in [0.15, 0.2) is 40.9 Å². The quantitative estimate of drug-likeness (QED) is 0.579. The van der Waals surface area contributed by atoms with Gasteiger partial charge in [-0.1, -0.05) is 56.1 Å². The van der Waals surface area contributed by atoms with Crippen molar-refractivity contribution in [3.05, 3.63) is 63.1 Å². The molecule has 0 spiro atoms. The number of aryl methyl sites for hydroxylation is 2. The van der Waals surface area contributed by atoms with Gasteiger partial charge < -0.3 is 4.74 Å². The van der Waals surface area contributed by atoms with Crippen LogP contribution >= 0.6 is 31.9 Å². The fourth-order valence-electron chi connectivity index (χ4n) is 2.22. The van der Waals surface area contributed by atoms with Gasteiger partial charge in [-0.05, 0) is 49.6 Å². The number of hydrogen-bond acceptors (Lipinski definition) is 1. The minimum Gasteiger partial charge on any atom is -0.494 e. The maximum Gasteiger partial charge on any atom is 0.123 e. The summed E-state index contributed by atoms with van der Waals surface area (Å²) in [6, 6.07) is 12.6. The van der Waals surface area contributed by atoms with Gasteiger partial charge in [-0.25, -0.2) is 0 Å². The van der Waals surface area contributed by atoms with Crippen molar-refractivity contribution in [2.75, 3.05) is 6.61 Å². The highest BCUT2D eigenvalue weighted by molar-refractivity contribution is 9.10. The highest BCUT2D eigenvalue weighted by atomic mass is 79.9. The number of benzene rings is 2. The van der Waals surface area contributed by atoms with Crippen LogP contribution in [-0.4, -0.2) is 6.61 Å². The normalized spacial score (nSPS) is 12.2. The van der Waals surface area contributed by atoms with Crippen LogP contribution in [0.5, 0.6) is 5.75 Å². The van der Waals surface area contributed by atoms with Crippen LogP contribution in [0.2, 0.25) is 0 Å². The van der Waals surface area contributed by atoms with Crippen molar-refractivity contribution in [2.24, 2.45) is 0 Å². The van der Waals surface area contributed by atoms with Gasteiger partial charge in [0.25, 0.3) is 0 Å². The average Bonchev–Trinajstić information content (AvgIpc) is 2.43. The second kappa shape index (κ2) is 6.77. The van der Waals surface area contributed by atoms with E-state index in [-0.39, 0.29) is 4.83 Å². The minimum atomic E-state index is 0.136. The first-order chi connectivity index (χ1) is 9.54. The van der Waals surface area contributed by atoms with Gasteiger partial charge in [0.1, 0.15) is 5.75 Å². The van der Waals surface area contributed by atoms with Gasteiger partial charge in [-0.2, -0.15) is 0 Å². The van der Waals surface area contributed by atoms with E-state index < -0.39 is 0 Å². The molecule has 0 amide bonds. The Morgan fingerprint density at radius 1 is 1.05 bits per heavy atom. The van der Waals surface area contributed by atoms with E-state index >= 15 is 0 Å². The van der Waals surface area contributed by atoms with E-state index in [1.54, 1.807) is 0 Å². The van der Waals surface area contributed by atoms with Crippen LogP contribution in [-0.2, 0) is 0 Å². The first-order valence-electron chi connectivity index (χ1n) is 6.67. The van der Waals surface area contributed by atoms with Gasteiger partial charge in [-0.15, -0.1) is 0 Å². The van der Waals surface area contributed by atoms with Crippen molar-refractivity contribution in [2.45, 2.75) is 25.6 Å². The smallest absolute Gasteiger partial charge is 0.123 e. The van der Waals surface area contributed by atoms with E-state index in [1.165, 1.54) is 22.3 Å². The molecule has 0 saturated carbocycles. The molecule has 2 aromatic rings. The fraction of sp³-hybridized carbons (Fsp3) is 0.294. The summed E-state index contributed by atoms with van der Waals surface area (Å²) in [6.07, 6.45) is 0. The number of alkyl halides is 1. The molecule has 2 rings (SSSR count). The van der Waals surface area contributed by atoms with E-state index in [0.717, 1.165) is 10.2 Å². The molecule has 2 aromatic carbocycles. The fourth-order valence-corrected chi connectivity index (χ4v) is 3.55. The lowest BCUT2D eigenvalue weighted by Gasteiger charge is -2.18. The standard InChI is InChI=1S/C17H18Br2O/c1-4-20-16-8-6-5-7-13(16)17(19)14-9-12(3)15(18)10-11(14)2/h5-10,17H,4H2,1-3H3. The Bertz CT molecular complexity index is 608. The van der Waals surface area contributed by atoms with Gasteiger partial charge in [-0.3, -0.25) is 0 Å². The van der Waals surface area contributed by atoms with Gasteiger partial charge in [0, 0.05) is 10.0 Å². The van der Waals surface area contributed by atoms with E-state index in [4.69, 9.17) is 4.74 Å². The second-order valence-electron chi connectivity index (χ2n) is 4.79. The molecule has 0 aromatic heterocycles. The largest absolute Gasteiger partial charge is 0.494 e. The summed E-state index contributed by atoms with van der Waals surface area (Å²) in [7, 11) is 0. The molecule has 0 radical (unpaired) electrons. The van der Waals surface area contributed by atoms with Crippen LogP contribution < -0.4 is 4.74 Å². The summed E-state index contributed by atoms with van der Waals surface area (Å²) in [5.74, 6) is 0.942. The molecule has 0 aliphatic rings. The van der Waals surface area contributed by atoms with Crippen LogP contribution in [0.25, 0.3) is 0 Å². The van der Waals surface area contributed by atoms with Crippen LogP contribution in [0.1, 0.15) is 34.0 Å². The third-order valence-electron chi connectivity index (χ3n) is 3.31. The van der Waals surface area contributed by atoms with Crippen molar-refractivity contribution < 1.29 is 4.74 Å². The van der Waals surface area contributed by atoms with Gasteiger partial charge in [0.05, 0.1) is 11.4 Å². The second-order valence-corrected chi connectivity index (χ2v) is 6.56. The molecule has 0 N–H and O–H groups in total. The molecule has 1 atom stereocenters. The number of hydrogen-bond donors (Lipinski definition) is 0. The minimum absolute atomic E-state index is 0.136. The lowest BCUT2D eigenvalue weighted by Crippen LogP contribution is -2.01. The number of rotatable bonds is 4. The molecule has 0 saturated heterocycles. The van der Waals surface area contributed by atoms with Crippen molar-refractivity contribution in [1.82, 2.24) is 0 Å². The molecule has 20 heavy (non-hydrogen) atoms. The van der Waals surface area contributed by atoms with Gasteiger partial charge in [0.15, 0.2) is 0 Å². The molecule has 0 aliphatic carbocycles. The molecular weight excluding hydrogens is 380 g/mol. The van der Waals surface area contributed by atoms with Gasteiger partial charge in [0.2, 0.25) is 0 Å². The number of ether oxygens (including phenoxy) is 1. The third-order valence-corrected chi connectivity index (χ3v) is 5.15. The highest BCUT2D eigenvalue weighted by Gasteiger charge is 2.17. The Balaban J connectivity index is 2.46. The molecular formula is C17H18Br2O. The summed E-state index contributed by atoms with van der Waals surface area (Å²) in [5, 5.41) is 0. The molecule has 3 heteroatoms. The van der Waals surface area contributed by atoms with Crippen molar-refractivity contribution >= 4 is 31.9 Å². The summed E-state index contributed by atoms with van der Waals surface area (Å²) in [4.78, 5) is 0.136. The van der Waals surface area contributed by atoms with E-state index in [1.807, 2.05) is 25.1 Å². The van der Waals surface area contributed by atoms with E-state index in [0.29, 0.717) is 6.61 Å². The molecule has 0 heterocycles. The number of halogens is 2. The summed E-state index contributed by atoms with van der Waals surface area (Å²) < 4.78 is 6.88. The zero-order chi connectivity index (χ0) is 14.7. The summed E-state index contributed by atoms with van der Waals surface area (Å²) in [6.45, 7) is 6.93. The predicted octanol–water partition coefficient (Wildman–Crippen LogP) is 5.95. The first kappa shape index (κ1) is 15.6. The molecule has 0 aliphatic heterocycles. The van der Waals surface area contributed by atoms with Crippen LogP contribution in [0, 0.1) is 13.8 Å². The predicted molar refractivity (Wildman–Crippen MR) is 92.0 cm³/mol. The zero-order valence-electron chi connectivity index (χ0n) is 11.9. The maximum atomic E-state index is 5.73. The zero-order valence-corrected chi connectivity index (χ0v) is 15.1. The summed E-state index contributed by atoms with van der Waals surface area (Å²) in [5.41, 5.74) is 4.94. The number of para-hydroxylation sites is 1. The van der Waals surface area contributed by atoms with E-state index in [9.17, 15) is 0 Å². The Labute approximate surface area is 137 Å². The van der Waals surface area contributed by atoms with Crippen molar-refractivity contribution in [1.29, 1.82) is 0 Å². The Morgan fingerprint density at radius 2 is 1.75 bits per heavy atom. The SMILES string of the molecule is CCOc1ccccc1C(Br)c1cc(C)c(Br)cc1C. The van der Waals surface area contributed by atoms with Gasteiger partial charge >= 0.3 is 0 Å². The Morgan fingerprint density at radius 3 is 2.45 bits per heavy atom. The van der Waals surface area contributed by atoms with Crippen LogP contribution in [0.3, 0.4) is 0 Å². The maximum absolute atomic E-state index is 5.73. The molecule has 0 bridgehead atoms. The average molecular weight is 398 g/mol. The Hall–Kier alpha value is -0.800. The van der Waals surface area contributed by atoms with E-state index in [2.05, 4.69) is 63.9 Å². The molecule has 0 fully saturated rings. The summed E-state index contributed by atoms with van der Waals surface area (Å²) >= 11 is 7.41. The third kappa shape index (κ3) is 3.26. The topological polar surface area (TPSA) is 9.23 Å². The molecule has 1 nitrogen and oxygen atoms in total. The lowest BCUT2D eigenvalue weighted by molar-refractivity contribution is 0.337.